The molecule has 3 heteroatoms. The van der Waals surface area contributed by atoms with Crippen LogP contribution in [0, 0.1) is 0 Å². The number of para-hydroxylation sites is 2. The fraction of sp³-hybridized carbons (Fsp3) is 0.500. The summed E-state index contributed by atoms with van der Waals surface area (Å²) in [6, 6.07) is 8.29. The van der Waals surface area contributed by atoms with Crippen LogP contribution >= 0.6 is 0 Å². The number of hydrogen-bond donors (Lipinski definition) is 0. The van der Waals surface area contributed by atoms with Crippen molar-refractivity contribution in [3.05, 3.63) is 36.0 Å². The van der Waals surface area contributed by atoms with Crippen molar-refractivity contribution in [3.63, 3.8) is 0 Å². The second-order valence-electron chi connectivity index (χ2n) is 4.94. The van der Waals surface area contributed by atoms with E-state index >= 15 is 0 Å². The van der Waals surface area contributed by atoms with Gasteiger partial charge in [-0.3, -0.25) is 0 Å². The maximum absolute atomic E-state index is 5.70. The highest BCUT2D eigenvalue weighted by molar-refractivity contribution is 5.60. The number of nitrogens with zero attached hydrogens (tertiary/aromatic N) is 2. The van der Waals surface area contributed by atoms with Gasteiger partial charge in [-0.05, 0) is 25.5 Å². The van der Waals surface area contributed by atoms with Gasteiger partial charge in [-0.1, -0.05) is 25.1 Å². The van der Waals surface area contributed by atoms with Gasteiger partial charge in [0.1, 0.15) is 12.4 Å². The van der Waals surface area contributed by atoms with Gasteiger partial charge in [-0.2, -0.15) is 0 Å². The second-order valence-corrected chi connectivity index (χ2v) is 4.94. The quantitative estimate of drug-likeness (QED) is 0.809. The van der Waals surface area contributed by atoms with Crippen LogP contribution in [0.2, 0.25) is 0 Å². The van der Waals surface area contributed by atoms with Crippen molar-refractivity contribution in [2.24, 2.45) is 0 Å². The summed E-state index contributed by atoms with van der Waals surface area (Å²) in [6.07, 6.45) is 3.39. The van der Waals surface area contributed by atoms with Crippen molar-refractivity contribution in [2.45, 2.75) is 20.3 Å². The van der Waals surface area contributed by atoms with E-state index in [1.54, 1.807) is 0 Å². The number of ether oxygens (including phenoxy) is 1. The Balaban J connectivity index is 2.11. The Morgan fingerprint density at radius 2 is 2.21 bits per heavy atom. The molecule has 0 spiro atoms. The molecule has 0 saturated carbocycles. The summed E-state index contributed by atoms with van der Waals surface area (Å²) in [6.45, 7) is 8.11. The van der Waals surface area contributed by atoms with E-state index in [9.17, 15) is 0 Å². The fourth-order valence-corrected chi connectivity index (χ4v) is 2.50. The predicted octanol–water partition coefficient (Wildman–Crippen LogP) is 3.13. The van der Waals surface area contributed by atoms with Gasteiger partial charge in [0.15, 0.2) is 0 Å². The normalized spacial score (nSPS) is 14.9. The Morgan fingerprint density at radius 3 is 2.95 bits per heavy atom. The van der Waals surface area contributed by atoms with Crippen LogP contribution in [0.15, 0.2) is 36.0 Å². The minimum atomic E-state index is 0.769. The molecule has 0 radical (unpaired) electrons. The SMILES string of the molecule is C/C=C(/CN1CCOc2ccccc21)N(C)CCC. The second kappa shape index (κ2) is 6.50. The number of rotatable bonds is 5. The highest BCUT2D eigenvalue weighted by atomic mass is 16.5. The minimum Gasteiger partial charge on any atom is -0.490 e. The monoisotopic (exact) mass is 260 g/mol. The minimum absolute atomic E-state index is 0.769. The van der Waals surface area contributed by atoms with Crippen molar-refractivity contribution in [3.8, 4) is 5.75 Å². The molecule has 0 bridgehead atoms. The molecule has 0 aliphatic carbocycles. The highest BCUT2D eigenvalue weighted by Crippen LogP contribution is 2.31. The fourth-order valence-electron chi connectivity index (χ4n) is 2.50. The first-order valence-corrected chi connectivity index (χ1v) is 7.09. The predicted molar refractivity (Wildman–Crippen MR) is 80.8 cm³/mol. The van der Waals surface area contributed by atoms with E-state index in [2.05, 4.69) is 48.9 Å². The maximum Gasteiger partial charge on any atom is 0.142 e. The van der Waals surface area contributed by atoms with Crippen LogP contribution in [0.25, 0.3) is 0 Å². The van der Waals surface area contributed by atoms with Crippen LogP contribution in [0.4, 0.5) is 5.69 Å². The molecule has 0 amide bonds. The summed E-state index contributed by atoms with van der Waals surface area (Å²) in [5.74, 6) is 1.00. The number of anilines is 1. The molecule has 1 aromatic rings. The molecular formula is C16H24N2O. The molecule has 3 nitrogen and oxygen atoms in total. The van der Waals surface area contributed by atoms with Crippen LogP contribution in [0.3, 0.4) is 0 Å². The standard InChI is InChI=1S/C16H24N2O/c1-4-10-17(3)14(5-2)13-18-11-12-19-16-9-7-6-8-15(16)18/h5-9H,4,10-13H2,1-3H3/b14-5-. The number of benzene rings is 1. The summed E-state index contributed by atoms with van der Waals surface area (Å²) in [5.41, 5.74) is 2.58. The Bertz CT molecular complexity index is 442. The zero-order valence-electron chi connectivity index (χ0n) is 12.2. The van der Waals surface area contributed by atoms with Gasteiger partial charge in [-0.15, -0.1) is 0 Å². The Labute approximate surface area is 116 Å². The lowest BCUT2D eigenvalue weighted by Crippen LogP contribution is -2.37. The van der Waals surface area contributed by atoms with Gasteiger partial charge in [0.25, 0.3) is 0 Å². The van der Waals surface area contributed by atoms with Gasteiger partial charge in [0.2, 0.25) is 0 Å². The largest absolute Gasteiger partial charge is 0.490 e. The van der Waals surface area contributed by atoms with Crippen molar-refractivity contribution in [2.75, 3.05) is 38.2 Å². The smallest absolute Gasteiger partial charge is 0.142 e. The first-order valence-electron chi connectivity index (χ1n) is 7.09. The van der Waals surface area contributed by atoms with Crippen molar-refractivity contribution < 1.29 is 4.74 Å². The molecule has 1 heterocycles. The summed E-state index contributed by atoms with van der Waals surface area (Å²) < 4.78 is 5.70. The van der Waals surface area contributed by atoms with Gasteiger partial charge < -0.3 is 14.5 Å². The molecule has 2 rings (SSSR count). The van der Waals surface area contributed by atoms with Crippen molar-refractivity contribution >= 4 is 5.69 Å². The summed E-state index contributed by atoms with van der Waals surface area (Å²) in [4.78, 5) is 4.75. The van der Waals surface area contributed by atoms with E-state index in [4.69, 9.17) is 4.74 Å². The molecule has 0 atom stereocenters. The molecule has 0 fully saturated rings. The summed E-state index contributed by atoms with van der Waals surface area (Å²) >= 11 is 0. The van der Waals surface area contributed by atoms with Crippen LogP contribution in [-0.2, 0) is 0 Å². The van der Waals surface area contributed by atoms with E-state index < -0.39 is 0 Å². The molecule has 104 valence electrons. The number of allylic oxidation sites excluding steroid dienone is 1. The average Bonchev–Trinajstić information content (AvgIpc) is 2.45. The van der Waals surface area contributed by atoms with E-state index in [-0.39, 0.29) is 0 Å². The van der Waals surface area contributed by atoms with Crippen LogP contribution < -0.4 is 9.64 Å². The van der Waals surface area contributed by atoms with Crippen molar-refractivity contribution in [1.29, 1.82) is 0 Å². The molecule has 19 heavy (non-hydrogen) atoms. The topological polar surface area (TPSA) is 15.7 Å². The number of hydrogen-bond acceptors (Lipinski definition) is 3. The summed E-state index contributed by atoms with van der Waals surface area (Å²) in [7, 11) is 2.17. The third-order valence-electron chi connectivity index (χ3n) is 3.56. The molecule has 0 unspecified atom stereocenters. The molecule has 1 aromatic carbocycles. The molecule has 0 aromatic heterocycles. The Morgan fingerprint density at radius 1 is 1.42 bits per heavy atom. The van der Waals surface area contributed by atoms with Gasteiger partial charge >= 0.3 is 0 Å². The average molecular weight is 260 g/mol. The van der Waals surface area contributed by atoms with Crippen molar-refractivity contribution in [1.82, 2.24) is 4.90 Å². The lowest BCUT2D eigenvalue weighted by atomic mass is 10.2. The van der Waals surface area contributed by atoms with Crippen LogP contribution in [-0.4, -0.2) is 38.2 Å². The molecule has 0 N–H and O–H groups in total. The van der Waals surface area contributed by atoms with E-state index in [1.165, 1.54) is 17.8 Å². The van der Waals surface area contributed by atoms with Gasteiger partial charge in [0.05, 0.1) is 18.8 Å². The van der Waals surface area contributed by atoms with Crippen LogP contribution in [0.1, 0.15) is 20.3 Å². The zero-order chi connectivity index (χ0) is 13.7. The third-order valence-corrected chi connectivity index (χ3v) is 3.56. The van der Waals surface area contributed by atoms with E-state index in [1.807, 2.05) is 12.1 Å². The molecule has 0 saturated heterocycles. The molecule has 1 aliphatic heterocycles. The first kappa shape index (κ1) is 13.8. The van der Waals surface area contributed by atoms with Gasteiger partial charge in [0, 0.05) is 19.3 Å². The highest BCUT2D eigenvalue weighted by Gasteiger charge is 2.18. The van der Waals surface area contributed by atoms with E-state index in [0.717, 1.165) is 32.0 Å². The lowest BCUT2D eigenvalue weighted by molar-refractivity contribution is 0.305. The number of likely N-dealkylation sites (N-methyl/N-ethyl adjacent to an activating group) is 1. The van der Waals surface area contributed by atoms with Crippen LogP contribution in [0.5, 0.6) is 5.75 Å². The molecule has 1 aliphatic rings. The summed E-state index contributed by atoms with van der Waals surface area (Å²) in [5, 5.41) is 0. The third kappa shape index (κ3) is 3.22. The molecular weight excluding hydrogens is 236 g/mol. The Hall–Kier alpha value is -1.64. The zero-order valence-corrected chi connectivity index (χ0v) is 12.2. The maximum atomic E-state index is 5.70. The Kier molecular flexibility index (Phi) is 4.72. The first-order chi connectivity index (χ1) is 9.26. The number of fused-ring (bicyclic) bond motifs is 1. The van der Waals surface area contributed by atoms with E-state index in [0.29, 0.717) is 0 Å². The van der Waals surface area contributed by atoms with Gasteiger partial charge in [-0.25, -0.2) is 0 Å². The lowest BCUT2D eigenvalue weighted by Gasteiger charge is -2.34.